The molecule has 1 unspecified atom stereocenters. The van der Waals surface area contributed by atoms with Crippen LogP contribution < -0.4 is 10.6 Å². The lowest BCUT2D eigenvalue weighted by Crippen LogP contribution is -2.38. The lowest BCUT2D eigenvalue weighted by Gasteiger charge is -2.10. The lowest BCUT2D eigenvalue weighted by atomic mass is 10.0. The van der Waals surface area contributed by atoms with E-state index in [1.165, 1.54) is 6.08 Å². The first kappa shape index (κ1) is 20.0. The highest BCUT2D eigenvalue weighted by Gasteiger charge is 2.18. The van der Waals surface area contributed by atoms with Gasteiger partial charge in [-0.25, -0.2) is 14.6 Å². The third-order valence-electron chi connectivity index (χ3n) is 2.55. The van der Waals surface area contributed by atoms with Gasteiger partial charge < -0.3 is 15.4 Å². The minimum absolute atomic E-state index is 0.000738. The topological polar surface area (TPSA) is 121 Å². The molecule has 0 saturated carbocycles. The van der Waals surface area contributed by atoms with E-state index in [1.54, 1.807) is 0 Å². The van der Waals surface area contributed by atoms with Crippen LogP contribution in [0.15, 0.2) is 4.99 Å². The summed E-state index contributed by atoms with van der Waals surface area (Å²) in [5, 5.41) is 14.0. The fourth-order valence-corrected chi connectivity index (χ4v) is 1.58. The first-order chi connectivity index (χ1) is 10.7. The number of isocyanates is 1. The Balaban J connectivity index is 3.80. The highest BCUT2D eigenvalue weighted by Crippen LogP contribution is 2.09. The molecule has 0 rings (SSSR count). The van der Waals surface area contributed by atoms with Crippen LogP contribution in [0.25, 0.3) is 0 Å². The third-order valence-corrected chi connectivity index (χ3v) is 2.77. The number of carbonyl (C=O) groups excluding carboxylic acids is 3. The quantitative estimate of drug-likeness (QED) is 0.167. The van der Waals surface area contributed by atoms with Crippen molar-refractivity contribution in [3.8, 4) is 6.07 Å². The number of hydrogen-bond acceptors (Lipinski definition) is 7. The number of ether oxygens (including phenoxy) is 1. The Kier molecular flexibility index (Phi) is 12.6. The molecule has 0 saturated heterocycles. The average molecular weight is 328 g/mol. The van der Waals surface area contributed by atoms with Crippen LogP contribution in [0.3, 0.4) is 0 Å². The number of amides is 2. The minimum Gasteiger partial charge on any atom is -0.463 e. The Morgan fingerprint density at radius 1 is 1.27 bits per heavy atom. The van der Waals surface area contributed by atoms with Gasteiger partial charge in [0.25, 0.3) is 0 Å². The predicted molar refractivity (Wildman–Crippen MR) is 82.2 cm³/mol. The molecule has 8 nitrogen and oxygen atoms in total. The van der Waals surface area contributed by atoms with Crippen LogP contribution in [0.4, 0.5) is 4.79 Å². The molecule has 0 aromatic rings. The van der Waals surface area contributed by atoms with Gasteiger partial charge >= 0.3 is 12.0 Å². The summed E-state index contributed by atoms with van der Waals surface area (Å²) in [6.07, 6.45) is 2.96. The molecule has 2 N–H and O–H groups in total. The van der Waals surface area contributed by atoms with Crippen LogP contribution in [-0.4, -0.2) is 50.1 Å². The molecule has 0 aliphatic rings. The van der Waals surface area contributed by atoms with Crippen LogP contribution in [0.1, 0.15) is 19.3 Å². The number of nitrogens with zero attached hydrogens (tertiary/aromatic N) is 2. The van der Waals surface area contributed by atoms with Crippen molar-refractivity contribution in [2.45, 2.75) is 19.3 Å². The summed E-state index contributed by atoms with van der Waals surface area (Å²) >= 11 is 3.94. The summed E-state index contributed by atoms with van der Waals surface area (Å²) in [6, 6.07) is 1.52. The van der Waals surface area contributed by atoms with E-state index in [2.05, 4.69) is 28.3 Å². The van der Waals surface area contributed by atoms with E-state index < -0.39 is 11.9 Å². The van der Waals surface area contributed by atoms with Crippen molar-refractivity contribution in [3.63, 3.8) is 0 Å². The molecule has 0 radical (unpaired) electrons. The number of thiol groups is 1. The van der Waals surface area contributed by atoms with Crippen LogP contribution in [0.2, 0.25) is 0 Å². The minimum atomic E-state index is -0.849. The van der Waals surface area contributed by atoms with Crippen molar-refractivity contribution in [1.82, 2.24) is 10.6 Å². The van der Waals surface area contributed by atoms with Crippen LogP contribution in [0.5, 0.6) is 0 Å². The van der Waals surface area contributed by atoms with E-state index in [0.717, 1.165) is 0 Å². The van der Waals surface area contributed by atoms with Gasteiger partial charge in [0.2, 0.25) is 6.08 Å². The van der Waals surface area contributed by atoms with Crippen molar-refractivity contribution < 1.29 is 19.1 Å². The summed E-state index contributed by atoms with van der Waals surface area (Å²) in [5.74, 6) is -0.929. The molecule has 0 bridgehead atoms. The van der Waals surface area contributed by atoms with Gasteiger partial charge in [-0.05, 0) is 19.3 Å². The maximum Gasteiger partial charge on any atom is 0.323 e. The zero-order valence-electron chi connectivity index (χ0n) is 12.2. The molecule has 0 aromatic carbocycles. The van der Waals surface area contributed by atoms with Gasteiger partial charge in [-0.2, -0.15) is 17.9 Å². The molecule has 0 aliphatic heterocycles. The molecule has 1 atom stereocenters. The highest BCUT2D eigenvalue weighted by atomic mass is 32.1. The molecular formula is C13H20N4O4S. The van der Waals surface area contributed by atoms with Gasteiger partial charge in [0.05, 0.1) is 19.2 Å². The number of aliphatic imine (C=N–C) groups is 1. The second kappa shape index (κ2) is 13.9. The fourth-order valence-electron chi connectivity index (χ4n) is 1.47. The van der Waals surface area contributed by atoms with Gasteiger partial charge in [-0.3, -0.25) is 4.79 Å². The highest BCUT2D eigenvalue weighted by molar-refractivity contribution is 7.80. The van der Waals surface area contributed by atoms with Crippen LogP contribution >= 0.6 is 12.6 Å². The van der Waals surface area contributed by atoms with Crippen LogP contribution in [0, 0.1) is 17.2 Å². The number of urea groups is 1. The number of nitriles is 1. The summed E-state index contributed by atoms with van der Waals surface area (Å²) in [6.45, 7) is 0.943. The third kappa shape index (κ3) is 10.7. The van der Waals surface area contributed by atoms with Gasteiger partial charge in [0.1, 0.15) is 12.5 Å². The zero-order valence-corrected chi connectivity index (χ0v) is 13.1. The predicted octanol–water partition coefficient (Wildman–Crippen LogP) is 0.404. The molecule has 122 valence electrons. The molecule has 22 heavy (non-hydrogen) atoms. The molecule has 0 fully saturated rings. The van der Waals surface area contributed by atoms with Crippen LogP contribution in [-0.2, 0) is 14.3 Å². The van der Waals surface area contributed by atoms with E-state index in [4.69, 9.17) is 10.00 Å². The van der Waals surface area contributed by atoms with E-state index in [0.29, 0.717) is 38.1 Å². The molecule has 0 heterocycles. The standard InChI is InChI=1S/C13H20N4O4S/c14-9-11(3-1-2-4-15-10-18)12(19)21-7-5-16-13(20)17-6-8-22/h11,22H,1-8H2,(H2,16,17,20). The number of unbranched alkanes of at least 4 members (excludes halogenated alkanes) is 1. The Bertz CT molecular complexity index is 432. The monoisotopic (exact) mass is 328 g/mol. The molecule has 0 aliphatic carbocycles. The Morgan fingerprint density at radius 3 is 2.64 bits per heavy atom. The fraction of sp³-hybridized carbons (Fsp3) is 0.692. The summed E-state index contributed by atoms with van der Waals surface area (Å²) < 4.78 is 4.92. The van der Waals surface area contributed by atoms with E-state index in [-0.39, 0.29) is 19.2 Å². The van der Waals surface area contributed by atoms with E-state index in [9.17, 15) is 14.4 Å². The van der Waals surface area contributed by atoms with Gasteiger partial charge in [0.15, 0.2) is 0 Å². The number of rotatable bonds is 11. The SMILES string of the molecule is N#CC(CCCCN=C=O)C(=O)OCCNC(=O)NCCS. The number of hydrogen-bond donors (Lipinski definition) is 3. The zero-order chi connectivity index (χ0) is 16.6. The van der Waals surface area contributed by atoms with Crippen molar-refractivity contribution >= 4 is 30.7 Å². The van der Waals surface area contributed by atoms with Crippen molar-refractivity contribution in [2.24, 2.45) is 10.9 Å². The Morgan fingerprint density at radius 2 is 2.00 bits per heavy atom. The molecule has 2 amide bonds. The summed E-state index contributed by atoms with van der Waals surface area (Å²) in [5.41, 5.74) is 0. The van der Waals surface area contributed by atoms with Crippen molar-refractivity contribution in [2.75, 3.05) is 32.0 Å². The van der Waals surface area contributed by atoms with E-state index >= 15 is 0 Å². The maximum absolute atomic E-state index is 11.6. The number of nitrogens with one attached hydrogen (secondary N) is 2. The van der Waals surface area contributed by atoms with Crippen molar-refractivity contribution in [1.29, 1.82) is 5.26 Å². The number of esters is 1. The molecule has 0 spiro atoms. The Labute approximate surface area is 134 Å². The second-order valence-electron chi connectivity index (χ2n) is 4.22. The van der Waals surface area contributed by atoms with Crippen molar-refractivity contribution in [3.05, 3.63) is 0 Å². The largest absolute Gasteiger partial charge is 0.463 e. The maximum atomic E-state index is 11.6. The van der Waals surface area contributed by atoms with Gasteiger partial charge in [0, 0.05) is 12.3 Å². The average Bonchev–Trinajstić information content (AvgIpc) is 2.52. The molecule has 0 aromatic heterocycles. The van der Waals surface area contributed by atoms with E-state index in [1.807, 2.05) is 6.07 Å². The summed E-state index contributed by atoms with van der Waals surface area (Å²) in [4.78, 5) is 36.1. The lowest BCUT2D eigenvalue weighted by molar-refractivity contribution is -0.146. The molecule has 9 heteroatoms. The number of carbonyl (C=O) groups is 2. The van der Waals surface area contributed by atoms with Gasteiger partial charge in [-0.15, -0.1) is 0 Å². The summed E-state index contributed by atoms with van der Waals surface area (Å²) in [7, 11) is 0. The Hall–Kier alpha value is -2.04. The molecular weight excluding hydrogens is 308 g/mol. The first-order valence-corrected chi connectivity index (χ1v) is 7.51. The second-order valence-corrected chi connectivity index (χ2v) is 4.67. The first-order valence-electron chi connectivity index (χ1n) is 6.88. The van der Waals surface area contributed by atoms with Gasteiger partial charge in [-0.1, -0.05) is 0 Å². The normalized spacial score (nSPS) is 10.7. The smallest absolute Gasteiger partial charge is 0.323 e.